The smallest absolute Gasteiger partial charge is 0.131 e. The summed E-state index contributed by atoms with van der Waals surface area (Å²) in [5.41, 5.74) is 18.1. The summed E-state index contributed by atoms with van der Waals surface area (Å²) < 4.78 is 9.60. The van der Waals surface area contributed by atoms with Crippen molar-refractivity contribution < 1.29 is 0 Å². The first-order chi connectivity index (χ1) is 36.7. The maximum absolute atomic E-state index is 5.28. The number of para-hydroxylation sites is 6. The molecule has 15 rings (SSSR count). The van der Waals surface area contributed by atoms with Crippen LogP contribution in [0.25, 0.3) is 134 Å². The molecule has 15 aromatic rings. The fourth-order valence-electron chi connectivity index (χ4n) is 11.4. The first kappa shape index (κ1) is 41.7. The van der Waals surface area contributed by atoms with Crippen molar-refractivity contribution in [2.24, 2.45) is 0 Å². The standard InChI is InChI=1S/C67H43N7/c1-3-22-46(23-4-1)71-60-38-11-7-28-50(60)64-52-30-9-13-40-62(52)73(66(64)71)48-26-15-20-44(42-48)54-32-17-34-56(68-54)58-36-19-37-59(70-58)57-35-18-33-55(69-57)45-21-16-27-49(43-45)74-63-41-14-10-31-53(63)65-51-29-8-12-39-61(51)72(67(65)74)47-24-5-2-6-25-47/h1-43H. The van der Waals surface area contributed by atoms with Crippen molar-refractivity contribution in [3.63, 3.8) is 0 Å². The molecule has 7 heterocycles. The summed E-state index contributed by atoms with van der Waals surface area (Å²) in [5.74, 6) is 0. The van der Waals surface area contributed by atoms with Crippen LogP contribution >= 0.6 is 0 Å². The predicted octanol–water partition coefficient (Wildman–Crippen LogP) is 16.6. The third kappa shape index (κ3) is 6.50. The molecule has 0 bridgehead atoms. The van der Waals surface area contributed by atoms with Gasteiger partial charge >= 0.3 is 0 Å². The van der Waals surface area contributed by atoms with Gasteiger partial charge in [0.15, 0.2) is 0 Å². The van der Waals surface area contributed by atoms with Crippen LogP contribution in [-0.2, 0) is 0 Å². The lowest BCUT2D eigenvalue weighted by Crippen LogP contribution is -2.02. The zero-order valence-corrected chi connectivity index (χ0v) is 40.0. The van der Waals surface area contributed by atoms with Crippen molar-refractivity contribution in [3.05, 3.63) is 261 Å². The molecule has 7 aromatic heterocycles. The van der Waals surface area contributed by atoms with Gasteiger partial charge in [0, 0.05) is 66.2 Å². The van der Waals surface area contributed by atoms with E-state index in [9.17, 15) is 0 Å². The number of benzene rings is 8. The Morgan fingerprint density at radius 1 is 0.216 bits per heavy atom. The summed E-state index contributed by atoms with van der Waals surface area (Å²) in [7, 11) is 0. The maximum Gasteiger partial charge on any atom is 0.131 e. The van der Waals surface area contributed by atoms with Crippen molar-refractivity contribution in [1.82, 2.24) is 33.2 Å². The number of fused-ring (bicyclic) bond motifs is 10. The van der Waals surface area contributed by atoms with E-state index in [1.807, 2.05) is 30.3 Å². The fourth-order valence-corrected chi connectivity index (χ4v) is 11.4. The molecule has 7 heteroatoms. The quantitative estimate of drug-likeness (QED) is 0.152. The van der Waals surface area contributed by atoms with E-state index < -0.39 is 0 Å². The highest BCUT2D eigenvalue weighted by atomic mass is 15.1. The second-order valence-electron chi connectivity index (χ2n) is 18.8. The molecule has 0 aliphatic rings. The highest BCUT2D eigenvalue weighted by molar-refractivity contribution is 6.23. The average Bonchev–Trinajstić information content (AvgIpc) is 4.24. The molecular formula is C67H43N7. The van der Waals surface area contributed by atoms with E-state index >= 15 is 0 Å². The molecule has 0 amide bonds. The number of hydrogen-bond donors (Lipinski definition) is 0. The molecule has 0 radical (unpaired) electrons. The highest BCUT2D eigenvalue weighted by Crippen LogP contribution is 2.43. The van der Waals surface area contributed by atoms with Gasteiger partial charge in [-0.25, -0.2) is 15.0 Å². The van der Waals surface area contributed by atoms with Gasteiger partial charge in [0.05, 0.1) is 56.2 Å². The van der Waals surface area contributed by atoms with Gasteiger partial charge in [-0.2, -0.15) is 0 Å². The summed E-state index contributed by atoms with van der Waals surface area (Å²) in [4.78, 5) is 15.8. The zero-order valence-electron chi connectivity index (χ0n) is 40.0. The van der Waals surface area contributed by atoms with Crippen LogP contribution < -0.4 is 0 Å². The topological polar surface area (TPSA) is 58.4 Å². The second-order valence-corrected chi connectivity index (χ2v) is 18.8. The Hall–Kier alpha value is -10.1. The van der Waals surface area contributed by atoms with Gasteiger partial charge in [0.1, 0.15) is 11.3 Å². The Kier molecular flexibility index (Phi) is 9.43. The molecule has 0 aliphatic carbocycles. The van der Waals surface area contributed by atoms with E-state index in [0.29, 0.717) is 0 Å². The third-order valence-electron chi connectivity index (χ3n) is 14.6. The van der Waals surface area contributed by atoms with Crippen molar-refractivity contribution in [2.45, 2.75) is 0 Å². The normalized spacial score (nSPS) is 11.8. The fraction of sp³-hybridized carbons (Fsp3) is 0. The third-order valence-corrected chi connectivity index (χ3v) is 14.6. The van der Waals surface area contributed by atoms with E-state index in [1.165, 1.54) is 43.4 Å². The zero-order chi connectivity index (χ0) is 48.7. The molecule has 0 atom stereocenters. The lowest BCUT2D eigenvalue weighted by Gasteiger charge is -2.14. The van der Waals surface area contributed by atoms with E-state index in [1.54, 1.807) is 0 Å². The van der Waals surface area contributed by atoms with Crippen LogP contribution in [0.3, 0.4) is 0 Å². The summed E-state index contributed by atoms with van der Waals surface area (Å²) >= 11 is 0. The predicted molar refractivity (Wildman–Crippen MR) is 304 cm³/mol. The summed E-state index contributed by atoms with van der Waals surface area (Å²) in [6.45, 7) is 0. The van der Waals surface area contributed by atoms with Crippen molar-refractivity contribution in [3.8, 4) is 68.0 Å². The molecule has 7 nitrogen and oxygen atoms in total. The number of rotatable bonds is 8. The van der Waals surface area contributed by atoms with E-state index in [4.69, 9.17) is 15.0 Å². The van der Waals surface area contributed by atoms with Crippen molar-refractivity contribution in [2.75, 3.05) is 0 Å². The molecule has 0 unspecified atom stereocenters. The molecule has 0 fully saturated rings. The minimum Gasteiger partial charge on any atom is -0.295 e. The van der Waals surface area contributed by atoms with E-state index in [-0.39, 0.29) is 0 Å². The highest BCUT2D eigenvalue weighted by Gasteiger charge is 2.24. The lowest BCUT2D eigenvalue weighted by atomic mass is 10.1. The van der Waals surface area contributed by atoms with Crippen molar-refractivity contribution >= 4 is 65.7 Å². The molecule has 0 saturated heterocycles. The van der Waals surface area contributed by atoms with Crippen LogP contribution in [0.15, 0.2) is 261 Å². The largest absolute Gasteiger partial charge is 0.295 e. The Morgan fingerprint density at radius 3 is 0.851 bits per heavy atom. The average molecular weight is 946 g/mol. The minimum absolute atomic E-state index is 0.775. The molecule has 346 valence electrons. The van der Waals surface area contributed by atoms with E-state index in [0.717, 1.165) is 90.4 Å². The van der Waals surface area contributed by atoms with Gasteiger partial charge in [-0.05, 0) is 109 Å². The first-order valence-electron chi connectivity index (χ1n) is 25.0. The molecule has 0 N–H and O–H groups in total. The minimum atomic E-state index is 0.775. The van der Waals surface area contributed by atoms with Gasteiger partial charge in [0.2, 0.25) is 0 Å². The lowest BCUT2D eigenvalue weighted by molar-refractivity contribution is 1.07. The molecule has 0 aliphatic heterocycles. The molecule has 0 spiro atoms. The van der Waals surface area contributed by atoms with Crippen LogP contribution in [0.1, 0.15) is 0 Å². The van der Waals surface area contributed by atoms with Gasteiger partial charge in [-0.1, -0.05) is 152 Å². The maximum atomic E-state index is 5.28. The Morgan fingerprint density at radius 2 is 0.486 bits per heavy atom. The Bertz CT molecular complexity index is 4380. The van der Waals surface area contributed by atoms with Gasteiger partial charge in [0.25, 0.3) is 0 Å². The van der Waals surface area contributed by atoms with Crippen LogP contribution in [0.2, 0.25) is 0 Å². The van der Waals surface area contributed by atoms with Crippen LogP contribution in [0.4, 0.5) is 0 Å². The molecule has 74 heavy (non-hydrogen) atoms. The SMILES string of the molecule is c1ccc(-n2c3ccccc3c3c4ccccc4n(-c4cccc(-c5cccc(-c6cccc(-c7cccc(-c8cccc(-n9c%10ccccc%10c%10c%11ccccc%11n(-c%11ccccc%11)c%109)c8)n7)n6)n5)c4)c32)cc1. The summed E-state index contributed by atoms with van der Waals surface area (Å²) in [5, 5.41) is 7.36. The number of aromatic nitrogens is 7. The van der Waals surface area contributed by atoms with Crippen LogP contribution in [0.5, 0.6) is 0 Å². The van der Waals surface area contributed by atoms with Crippen molar-refractivity contribution in [1.29, 1.82) is 0 Å². The van der Waals surface area contributed by atoms with Gasteiger partial charge in [-0.3, -0.25) is 18.3 Å². The monoisotopic (exact) mass is 945 g/mol. The summed E-state index contributed by atoms with van der Waals surface area (Å²) in [6.07, 6.45) is 0. The van der Waals surface area contributed by atoms with E-state index in [2.05, 4.69) is 249 Å². The van der Waals surface area contributed by atoms with Gasteiger partial charge < -0.3 is 0 Å². The number of pyridine rings is 3. The second kappa shape index (κ2) is 16.8. The number of nitrogens with zero attached hydrogens (tertiary/aromatic N) is 7. The number of hydrogen-bond acceptors (Lipinski definition) is 3. The molecule has 0 saturated carbocycles. The van der Waals surface area contributed by atoms with Gasteiger partial charge in [-0.15, -0.1) is 0 Å². The Balaban J connectivity index is 0.794. The molecular weight excluding hydrogens is 903 g/mol. The van der Waals surface area contributed by atoms with Crippen LogP contribution in [-0.4, -0.2) is 33.2 Å². The Labute approximate surface area is 425 Å². The summed E-state index contributed by atoms with van der Waals surface area (Å²) in [6, 6.07) is 92.1. The van der Waals surface area contributed by atoms with Crippen LogP contribution in [0, 0.1) is 0 Å². The first-order valence-corrected chi connectivity index (χ1v) is 25.0. The molecule has 8 aromatic carbocycles.